The monoisotopic (exact) mass is 402 g/mol. The first kappa shape index (κ1) is 20.1. The number of nitrogens with zero attached hydrogens (tertiary/aromatic N) is 2. The standard InChI is InChI=1S/C20H26N4O3S/c1-7-27-17-11-16-14(10-18(17)28(25,26)20(4,5)6)15(8-9-21-16)22-19-12(2)13(3)23-24-19/h8-11H,7H2,1-6H3,(H2,21,22,23,24). The number of aromatic amines is 1. The summed E-state index contributed by atoms with van der Waals surface area (Å²) in [6.45, 7) is 11.1. The Kier molecular flexibility index (Phi) is 5.10. The molecule has 0 radical (unpaired) electrons. The van der Waals surface area contributed by atoms with Crippen molar-refractivity contribution in [2.24, 2.45) is 0 Å². The van der Waals surface area contributed by atoms with Gasteiger partial charge in [-0.25, -0.2) is 8.42 Å². The molecule has 0 fully saturated rings. The largest absolute Gasteiger partial charge is 0.492 e. The summed E-state index contributed by atoms with van der Waals surface area (Å²) in [6, 6.07) is 5.13. The van der Waals surface area contributed by atoms with Crippen LogP contribution in [0, 0.1) is 13.8 Å². The number of pyridine rings is 1. The van der Waals surface area contributed by atoms with E-state index in [0.717, 1.165) is 16.9 Å². The second-order valence-electron chi connectivity index (χ2n) is 7.67. The normalized spacial score (nSPS) is 12.4. The number of nitrogens with one attached hydrogen (secondary N) is 2. The highest BCUT2D eigenvalue weighted by atomic mass is 32.2. The molecule has 0 saturated carbocycles. The fourth-order valence-electron chi connectivity index (χ4n) is 2.81. The van der Waals surface area contributed by atoms with Crippen molar-refractivity contribution in [3.8, 4) is 5.75 Å². The van der Waals surface area contributed by atoms with E-state index in [4.69, 9.17) is 4.74 Å². The molecule has 0 aliphatic rings. The zero-order valence-electron chi connectivity index (χ0n) is 17.0. The van der Waals surface area contributed by atoms with Crippen LogP contribution in [0.3, 0.4) is 0 Å². The Labute approximate surface area is 165 Å². The molecular weight excluding hydrogens is 376 g/mol. The van der Waals surface area contributed by atoms with Crippen LogP contribution in [-0.2, 0) is 9.84 Å². The van der Waals surface area contributed by atoms with Crippen LogP contribution in [-0.4, -0.2) is 35.0 Å². The fraction of sp³-hybridized carbons (Fsp3) is 0.400. The van der Waals surface area contributed by atoms with Crippen molar-refractivity contribution in [1.82, 2.24) is 15.2 Å². The van der Waals surface area contributed by atoms with E-state index in [0.29, 0.717) is 29.1 Å². The van der Waals surface area contributed by atoms with Crippen LogP contribution in [0.2, 0.25) is 0 Å². The molecule has 0 unspecified atom stereocenters. The van der Waals surface area contributed by atoms with Crippen molar-refractivity contribution >= 4 is 32.2 Å². The maximum atomic E-state index is 13.2. The summed E-state index contributed by atoms with van der Waals surface area (Å²) < 4.78 is 31.1. The SMILES string of the molecule is CCOc1cc2nccc(Nc3n[nH]c(C)c3C)c2cc1S(=O)(=O)C(C)(C)C. The van der Waals surface area contributed by atoms with E-state index in [1.165, 1.54) is 0 Å². The zero-order chi connectivity index (χ0) is 20.7. The van der Waals surface area contributed by atoms with Crippen LogP contribution in [0.25, 0.3) is 10.9 Å². The molecule has 0 saturated heterocycles. The van der Waals surface area contributed by atoms with Crippen molar-refractivity contribution in [1.29, 1.82) is 0 Å². The number of H-pyrrole nitrogens is 1. The van der Waals surface area contributed by atoms with Gasteiger partial charge in [0.05, 0.1) is 22.6 Å². The van der Waals surface area contributed by atoms with E-state index in [-0.39, 0.29) is 4.90 Å². The van der Waals surface area contributed by atoms with Crippen molar-refractivity contribution in [3.05, 3.63) is 35.7 Å². The zero-order valence-corrected chi connectivity index (χ0v) is 17.9. The smallest absolute Gasteiger partial charge is 0.186 e. The third-order valence-corrected chi connectivity index (χ3v) is 7.22. The summed E-state index contributed by atoms with van der Waals surface area (Å²) in [5.74, 6) is 1.01. The molecule has 7 nitrogen and oxygen atoms in total. The van der Waals surface area contributed by atoms with Gasteiger partial charge in [0, 0.05) is 28.9 Å². The molecule has 0 amide bonds. The third kappa shape index (κ3) is 3.44. The molecule has 0 atom stereocenters. The van der Waals surface area contributed by atoms with Crippen LogP contribution in [0.4, 0.5) is 11.5 Å². The van der Waals surface area contributed by atoms with E-state index < -0.39 is 14.6 Å². The minimum atomic E-state index is -3.62. The molecule has 0 bridgehead atoms. The lowest BCUT2D eigenvalue weighted by Crippen LogP contribution is -2.28. The van der Waals surface area contributed by atoms with Gasteiger partial charge in [0.1, 0.15) is 10.6 Å². The summed E-state index contributed by atoms with van der Waals surface area (Å²) in [7, 11) is -3.62. The molecule has 8 heteroatoms. The third-order valence-electron chi connectivity index (χ3n) is 4.71. The average Bonchev–Trinajstić information content (AvgIpc) is 2.93. The fourth-order valence-corrected chi connectivity index (χ4v) is 4.12. The van der Waals surface area contributed by atoms with Gasteiger partial charge in [0.25, 0.3) is 0 Å². The van der Waals surface area contributed by atoms with Gasteiger partial charge >= 0.3 is 0 Å². The van der Waals surface area contributed by atoms with E-state index >= 15 is 0 Å². The Hall–Kier alpha value is -2.61. The number of benzene rings is 1. The first-order chi connectivity index (χ1) is 13.1. The molecule has 1 aromatic carbocycles. The van der Waals surface area contributed by atoms with Gasteiger partial charge in [-0.05, 0) is 53.7 Å². The molecule has 2 N–H and O–H groups in total. The van der Waals surface area contributed by atoms with Crippen LogP contribution in [0.15, 0.2) is 29.3 Å². The van der Waals surface area contributed by atoms with E-state index in [9.17, 15) is 8.42 Å². The van der Waals surface area contributed by atoms with Crippen LogP contribution in [0.5, 0.6) is 5.75 Å². The van der Waals surface area contributed by atoms with Crippen LogP contribution < -0.4 is 10.1 Å². The maximum Gasteiger partial charge on any atom is 0.186 e. The highest BCUT2D eigenvalue weighted by Crippen LogP contribution is 2.37. The van der Waals surface area contributed by atoms with Crippen molar-refractivity contribution in [2.45, 2.75) is 51.2 Å². The average molecular weight is 403 g/mol. The number of hydrogen-bond acceptors (Lipinski definition) is 6. The van der Waals surface area contributed by atoms with Crippen LogP contribution in [0.1, 0.15) is 39.0 Å². The second kappa shape index (κ2) is 7.09. The van der Waals surface area contributed by atoms with Gasteiger partial charge in [-0.1, -0.05) is 0 Å². The first-order valence-corrected chi connectivity index (χ1v) is 10.6. The summed E-state index contributed by atoms with van der Waals surface area (Å²) in [4.78, 5) is 4.56. The number of fused-ring (bicyclic) bond motifs is 1. The number of hydrogen-bond donors (Lipinski definition) is 2. The summed E-state index contributed by atoms with van der Waals surface area (Å²) in [5, 5.41) is 11.2. The van der Waals surface area contributed by atoms with Gasteiger partial charge in [0.15, 0.2) is 15.7 Å². The predicted molar refractivity (Wildman–Crippen MR) is 111 cm³/mol. The number of ether oxygens (including phenoxy) is 1. The highest BCUT2D eigenvalue weighted by molar-refractivity contribution is 7.92. The summed E-state index contributed by atoms with van der Waals surface area (Å²) >= 11 is 0. The summed E-state index contributed by atoms with van der Waals surface area (Å²) in [6.07, 6.45) is 1.67. The van der Waals surface area contributed by atoms with Gasteiger partial charge < -0.3 is 10.1 Å². The highest BCUT2D eigenvalue weighted by Gasteiger charge is 2.34. The minimum Gasteiger partial charge on any atom is -0.492 e. The van der Waals surface area contributed by atoms with E-state index in [2.05, 4.69) is 20.5 Å². The van der Waals surface area contributed by atoms with E-state index in [1.54, 1.807) is 45.2 Å². The van der Waals surface area contributed by atoms with E-state index in [1.807, 2.05) is 20.8 Å². The number of rotatable bonds is 5. The number of sulfone groups is 1. The molecule has 0 spiro atoms. The van der Waals surface area contributed by atoms with Gasteiger partial charge in [-0.2, -0.15) is 5.10 Å². The molecule has 3 aromatic rings. The van der Waals surface area contributed by atoms with Gasteiger partial charge in [-0.3, -0.25) is 10.1 Å². The summed E-state index contributed by atoms with van der Waals surface area (Å²) in [5.41, 5.74) is 3.34. The molecule has 2 heterocycles. The molecule has 2 aromatic heterocycles. The predicted octanol–water partition coefficient (Wildman–Crippen LogP) is 4.29. The van der Waals surface area contributed by atoms with Gasteiger partial charge in [0.2, 0.25) is 0 Å². The van der Waals surface area contributed by atoms with Crippen LogP contribution >= 0.6 is 0 Å². The molecule has 0 aliphatic heterocycles. The molecular formula is C20H26N4O3S. The Balaban J connectivity index is 2.23. The minimum absolute atomic E-state index is 0.167. The molecule has 0 aliphatic carbocycles. The van der Waals surface area contributed by atoms with Crippen molar-refractivity contribution in [2.75, 3.05) is 11.9 Å². The second-order valence-corrected chi connectivity index (χ2v) is 10.3. The number of aromatic nitrogens is 3. The lowest BCUT2D eigenvalue weighted by atomic mass is 10.1. The molecule has 28 heavy (non-hydrogen) atoms. The lowest BCUT2D eigenvalue weighted by Gasteiger charge is -2.22. The topological polar surface area (TPSA) is 97.0 Å². The molecule has 3 rings (SSSR count). The quantitative estimate of drug-likeness (QED) is 0.661. The van der Waals surface area contributed by atoms with Crippen molar-refractivity contribution < 1.29 is 13.2 Å². The Morgan fingerprint density at radius 3 is 2.50 bits per heavy atom. The Bertz CT molecular complexity index is 1130. The van der Waals surface area contributed by atoms with Crippen molar-refractivity contribution in [3.63, 3.8) is 0 Å². The Morgan fingerprint density at radius 2 is 1.93 bits per heavy atom. The first-order valence-electron chi connectivity index (χ1n) is 9.15. The number of aryl methyl sites for hydroxylation is 1. The maximum absolute atomic E-state index is 13.2. The molecule has 150 valence electrons. The number of anilines is 2. The van der Waals surface area contributed by atoms with Gasteiger partial charge in [-0.15, -0.1) is 0 Å². The lowest BCUT2D eigenvalue weighted by molar-refractivity contribution is 0.331. The Morgan fingerprint density at radius 1 is 1.21 bits per heavy atom.